The summed E-state index contributed by atoms with van der Waals surface area (Å²) in [5, 5.41) is 8.92. The molecule has 1 fully saturated rings. The van der Waals surface area contributed by atoms with Crippen molar-refractivity contribution in [1.29, 1.82) is 0 Å². The molecule has 0 aromatic rings. The van der Waals surface area contributed by atoms with Crippen molar-refractivity contribution in [2.45, 2.75) is 33.1 Å². The van der Waals surface area contributed by atoms with Crippen molar-refractivity contribution >= 4 is 5.78 Å². The van der Waals surface area contributed by atoms with Crippen molar-refractivity contribution in [2.24, 2.45) is 17.8 Å². The van der Waals surface area contributed by atoms with Gasteiger partial charge in [-0.3, -0.25) is 4.79 Å². The number of aliphatic hydroxyl groups excluding tert-OH is 1. The number of rotatable bonds is 2. The van der Waals surface area contributed by atoms with E-state index in [2.05, 4.69) is 6.92 Å². The molecule has 3 atom stereocenters. The molecule has 2 unspecified atom stereocenters. The van der Waals surface area contributed by atoms with E-state index >= 15 is 0 Å². The predicted molar refractivity (Wildman–Crippen MR) is 47.8 cm³/mol. The van der Waals surface area contributed by atoms with Gasteiger partial charge in [0.05, 0.1) is 0 Å². The predicted octanol–water partition coefficient (Wildman–Crippen LogP) is 1.62. The van der Waals surface area contributed by atoms with Gasteiger partial charge in [-0.2, -0.15) is 0 Å². The fourth-order valence-corrected chi connectivity index (χ4v) is 1.95. The molecule has 1 aliphatic rings. The molecule has 0 radical (unpaired) electrons. The summed E-state index contributed by atoms with van der Waals surface area (Å²) in [6.45, 7) is 4.22. The summed E-state index contributed by atoms with van der Waals surface area (Å²) in [5.74, 6) is 1.20. The standard InChI is InChI=1S/C10H18O2/c1-7-3-4-9(8(2)6-11)10(12)5-7/h7-9,11H,3-6H2,1-2H3/t7-,8?,9?/m0/s1. The third-order valence-corrected chi connectivity index (χ3v) is 2.91. The van der Waals surface area contributed by atoms with Crippen LogP contribution in [0, 0.1) is 17.8 Å². The van der Waals surface area contributed by atoms with E-state index in [9.17, 15) is 4.79 Å². The van der Waals surface area contributed by atoms with E-state index < -0.39 is 0 Å². The fraction of sp³-hybridized carbons (Fsp3) is 0.900. The van der Waals surface area contributed by atoms with Crippen LogP contribution < -0.4 is 0 Å². The summed E-state index contributed by atoms with van der Waals surface area (Å²) >= 11 is 0. The Bertz CT molecular complexity index is 165. The van der Waals surface area contributed by atoms with Crippen LogP contribution >= 0.6 is 0 Å². The lowest BCUT2D eigenvalue weighted by Crippen LogP contribution is -2.30. The second-order valence-corrected chi connectivity index (χ2v) is 4.12. The third kappa shape index (κ3) is 2.07. The second kappa shape index (κ2) is 4.04. The molecule has 70 valence electrons. The highest BCUT2D eigenvalue weighted by Gasteiger charge is 2.29. The van der Waals surface area contributed by atoms with Crippen LogP contribution in [0.25, 0.3) is 0 Å². The van der Waals surface area contributed by atoms with Crippen molar-refractivity contribution in [1.82, 2.24) is 0 Å². The molecule has 0 bridgehead atoms. The van der Waals surface area contributed by atoms with E-state index in [1.165, 1.54) is 0 Å². The molecule has 0 amide bonds. The zero-order chi connectivity index (χ0) is 9.14. The van der Waals surface area contributed by atoms with Gasteiger partial charge in [-0.05, 0) is 24.7 Å². The number of Topliss-reactive ketones (excluding diaryl/α,β-unsaturated/α-hetero) is 1. The number of hydrogen-bond acceptors (Lipinski definition) is 2. The van der Waals surface area contributed by atoms with Gasteiger partial charge in [-0.1, -0.05) is 13.8 Å². The molecule has 1 aliphatic carbocycles. The summed E-state index contributed by atoms with van der Waals surface area (Å²) in [4.78, 5) is 11.5. The minimum absolute atomic E-state index is 0.131. The summed E-state index contributed by atoms with van der Waals surface area (Å²) in [6.07, 6.45) is 2.83. The smallest absolute Gasteiger partial charge is 0.136 e. The molecule has 0 spiro atoms. The SMILES string of the molecule is CC(CO)C1CC[C@H](C)CC1=O. The minimum Gasteiger partial charge on any atom is -0.396 e. The van der Waals surface area contributed by atoms with Crippen molar-refractivity contribution in [3.8, 4) is 0 Å². The molecule has 1 N–H and O–H groups in total. The second-order valence-electron chi connectivity index (χ2n) is 4.12. The van der Waals surface area contributed by atoms with Crippen LogP contribution in [0.5, 0.6) is 0 Å². The molecule has 1 saturated carbocycles. The molecule has 0 saturated heterocycles. The molecule has 2 nitrogen and oxygen atoms in total. The first-order valence-corrected chi connectivity index (χ1v) is 4.78. The maximum absolute atomic E-state index is 11.5. The Morgan fingerprint density at radius 3 is 2.75 bits per heavy atom. The van der Waals surface area contributed by atoms with E-state index in [1.54, 1.807) is 0 Å². The minimum atomic E-state index is 0.131. The van der Waals surface area contributed by atoms with Gasteiger partial charge in [0.1, 0.15) is 5.78 Å². The Kier molecular flexibility index (Phi) is 3.27. The van der Waals surface area contributed by atoms with Gasteiger partial charge < -0.3 is 5.11 Å². The molecule has 0 aliphatic heterocycles. The quantitative estimate of drug-likeness (QED) is 0.683. The first kappa shape index (κ1) is 9.72. The Balaban J connectivity index is 2.50. The van der Waals surface area contributed by atoms with Gasteiger partial charge in [0.25, 0.3) is 0 Å². The normalized spacial score (nSPS) is 33.4. The van der Waals surface area contributed by atoms with E-state index in [0.717, 1.165) is 19.3 Å². The number of aliphatic hydroxyl groups is 1. The molecular formula is C10H18O2. The van der Waals surface area contributed by atoms with Crippen molar-refractivity contribution in [2.75, 3.05) is 6.61 Å². The maximum Gasteiger partial charge on any atom is 0.136 e. The van der Waals surface area contributed by atoms with E-state index in [1.807, 2.05) is 6.92 Å². The summed E-state index contributed by atoms with van der Waals surface area (Å²) < 4.78 is 0. The molecule has 0 heterocycles. The third-order valence-electron chi connectivity index (χ3n) is 2.91. The van der Waals surface area contributed by atoms with Crippen LogP contribution in [0.1, 0.15) is 33.1 Å². The van der Waals surface area contributed by atoms with Crippen molar-refractivity contribution in [3.63, 3.8) is 0 Å². The average Bonchev–Trinajstić information content (AvgIpc) is 2.03. The highest BCUT2D eigenvalue weighted by atomic mass is 16.3. The Morgan fingerprint density at radius 1 is 1.58 bits per heavy atom. The fourth-order valence-electron chi connectivity index (χ4n) is 1.95. The van der Waals surface area contributed by atoms with Gasteiger partial charge >= 0.3 is 0 Å². The number of ketones is 1. The van der Waals surface area contributed by atoms with Gasteiger partial charge in [-0.25, -0.2) is 0 Å². The van der Waals surface area contributed by atoms with Crippen LogP contribution in [-0.4, -0.2) is 17.5 Å². The molecular weight excluding hydrogens is 152 g/mol. The summed E-state index contributed by atoms with van der Waals surface area (Å²) in [5.41, 5.74) is 0. The van der Waals surface area contributed by atoms with Gasteiger partial charge in [0.15, 0.2) is 0 Å². The zero-order valence-corrected chi connectivity index (χ0v) is 7.92. The van der Waals surface area contributed by atoms with Crippen molar-refractivity contribution in [3.05, 3.63) is 0 Å². The van der Waals surface area contributed by atoms with Gasteiger partial charge in [-0.15, -0.1) is 0 Å². The Labute approximate surface area is 74.0 Å². The molecule has 2 heteroatoms. The highest BCUT2D eigenvalue weighted by molar-refractivity contribution is 5.82. The molecule has 12 heavy (non-hydrogen) atoms. The van der Waals surface area contributed by atoms with Gasteiger partial charge in [0.2, 0.25) is 0 Å². The number of hydrogen-bond donors (Lipinski definition) is 1. The maximum atomic E-state index is 11.5. The van der Waals surface area contributed by atoms with E-state index in [-0.39, 0.29) is 18.4 Å². The van der Waals surface area contributed by atoms with Crippen molar-refractivity contribution < 1.29 is 9.90 Å². The number of carbonyl (C=O) groups is 1. The zero-order valence-electron chi connectivity index (χ0n) is 7.92. The average molecular weight is 170 g/mol. The first-order chi connectivity index (χ1) is 5.65. The van der Waals surface area contributed by atoms with Crippen LogP contribution in [0.2, 0.25) is 0 Å². The largest absolute Gasteiger partial charge is 0.396 e. The van der Waals surface area contributed by atoms with E-state index in [0.29, 0.717) is 11.7 Å². The Hall–Kier alpha value is -0.370. The lowest BCUT2D eigenvalue weighted by molar-refractivity contribution is -0.128. The molecule has 0 aromatic heterocycles. The topological polar surface area (TPSA) is 37.3 Å². The molecule has 0 aromatic carbocycles. The van der Waals surface area contributed by atoms with Crippen LogP contribution in [-0.2, 0) is 4.79 Å². The molecule has 1 rings (SSSR count). The number of carbonyl (C=O) groups excluding carboxylic acids is 1. The lowest BCUT2D eigenvalue weighted by atomic mass is 9.76. The van der Waals surface area contributed by atoms with E-state index in [4.69, 9.17) is 5.11 Å². The van der Waals surface area contributed by atoms with Gasteiger partial charge in [0, 0.05) is 18.9 Å². The summed E-state index contributed by atoms with van der Waals surface area (Å²) in [7, 11) is 0. The Morgan fingerprint density at radius 2 is 2.25 bits per heavy atom. The lowest BCUT2D eigenvalue weighted by Gasteiger charge is -2.28. The van der Waals surface area contributed by atoms with Crippen LogP contribution in [0.4, 0.5) is 0 Å². The van der Waals surface area contributed by atoms with Crippen LogP contribution in [0.3, 0.4) is 0 Å². The highest BCUT2D eigenvalue weighted by Crippen LogP contribution is 2.30. The monoisotopic (exact) mass is 170 g/mol. The van der Waals surface area contributed by atoms with Crippen LogP contribution in [0.15, 0.2) is 0 Å². The first-order valence-electron chi connectivity index (χ1n) is 4.78. The summed E-state index contributed by atoms with van der Waals surface area (Å²) in [6, 6.07) is 0.